The summed E-state index contributed by atoms with van der Waals surface area (Å²) >= 11 is 0. The lowest BCUT2D eigenvalue weighted by atomic mass is 10.1. The highest BCUT2D eigenvalue weighted by Gasteiger charge is 2.30. The number of hydrogen-bond donors (Lipinski definition) is 2. The minimum absolute atomic E-state index is 0.0467. The average molecular weight is 419 g/mol. The van der Waals surface area contributed by atoms with Crippen LogP contribution in [0.3, 0.4) is 0 Å². The quantitative estimate of drug-likeness (QED) is 0.734. The van der Waals surface area contributed by atoms with Gasteiger partial charge in [0.25, 0.3) is 5.91 Å². The molecule has 160 valence electrons. The van der Waals surface area contributed by atoms with Crippen molar-refractivity contribution in [3.05, 3.63) is 59.7 Å². The lowest BCUT2D eigenvalue weighted by molar-refractivity contribution is -0.137. The molecule has 0 saturated carbocycles. The van der Waals surface area contributed by atoms with Crippen LogP contribution in [0, 0.1) is 0 Å². The van der Waals surface area contributed by atoms with Crippen molar-refractivity contribution in [3.8, 4) is 0 Å². The summed E-state index contributed by atoms with van der Waals surface area (Å²) < 4.78 is 38.5. The molecule has 5 nitrogen and oxygen atoms in total. The zero-order chi connectivity index (χ0) is 21.6. The number of nitrogens with one attached hydrogen (secondary N) is 2. The normalized spacial score (nSPS) is 15.3. The number of nitrogens with zero attached hydrogens (tertiary/aromatic N) is 1. The van der Waals surface area contributed by atoms with Crippen molar-refractivity contribution in [1.29, 1.82) is 0 Å². The van der Waals surface area contributed by atoms with E-state index in [0.717, 1.165) is 38.1 Å². The van der Waals surface area contributed by atoms with Crippen molar-refractivity contribution in [2.45, 2.75) is 31.9 Å². The minimum atomic E-state index is -4.49. The Kier molecular flexibility index (Phi) is 7.10. The Hall–Kier alpha value is -2.87. The van der Waals surface area contributed by atoms with Crippen LogP contribution in [-0.4, -0.2) is 36.3 Å². The molecule has 1 saturated heterocycles. The molecular formula is C22H24F3N3O2. The van der Waals surface area contributed by atoms with Crippen molar-refractivity contribution in [2.75, 3.05) is 30.3 Å². The predicted octanol–water partition coefficient (Wildman–Crippen LogP) is 4.77. The van der Waals surface area contributed by atoms with Crippen LogP contribution in [-0.2, 0) is 11.0 Å². The number of carbonyl (C=O) groups is 2. The first-order chi connectivity index (χ1) is 14.3. The summed E-state index contributed by atoms with van der Waals surface area (Å²) in [6, 6.07) is 10.8. The fraction of sp³-hybridized carbons (Fsp3) is 0.364. The van der Waals surface area contributed by atoms with Crippen molar-refractivity contribution in [1.82, 2.24) is 4.90 Å². The van der Waals surface area contributed by atoms with E-state index >= 15 is 0 Å². The van der Waals surface area contributed by atoms with Gasteiger partial charge in [0.05, 0.1) is 12.1 Å². The minimum Gasteiger partial charge on any atom is -0.325 e. The third kappa shape index (κ3) is 6.32. The van der Waals surface area contributed by atoms with E-state index in [0.29, 0.717) is 12.2 Å². The van der Waals surface area contributed by atoms with Gasteiger partial charge in [0.1, 0.15) is 0 Å². The largest absolute Gasteiger partial charge is 0.416 e. The van der Waals surface area contributed by atoms with Gasteiger partial charge in [-0.05, 0) is 62.3 Å². The first-order valence-electron chi connectivity index (χ1n) is 9.92. The highest BCUT2D eigenvalue weighted by Crippen LogP contribution is 2.30. The summed E-state index contributed by atoms with van der Waals surface area (Å²) in [6.45, 7) is 2.08. The SMILES string of the molecule is O=C(CN1CCCCCC1)Nc1cccc(C(=O)Nc2cccc(C(F)(F)F)c2)c1. The van der Waals surface area contributed by atoms with E-state index in [2.05, 4.69) is 15.5 Å². The smallest absolute Gasteiger partial charge is 0.325 e. The Morgan fingerprint density at radius 3 is 2.17 bits per heavy atom. The Bertz CT molecular complexity index is 891. The number of hydrogen-bond acceptors (Lipinski definition) is 3. The number of anilines is 2. The second-order valence-electron chi connectivity index (χ2n) is 7.35. The molecule has 0 unspecified atom stereocenters. The van der Waals surface area contributed by atoms with E-state index in [1.165, 1.54) is 37.1 Å². The second-order valence-corrected chi connectivity index (χ2v) is 7.35. The lowest BCUT2D eigenvalue weighted by Crippen LogP contribution is -2.33. The zero-order valence-electron chi connectivity index (χ0n) is 16.5. The molecule has 1 heterocycles. The van der Waals surface area contributed by atoms with Crippen LogP contribution < -0.4 is 10.6 Å². The third-order valence-corrected chi connectivity index (χ3v) is 4.92. The maximum atomic E-state index is 12.8. The van der Waals surface area contributed by atoms with Gasteiger partial charge in [-0.25, -0.2) is 0 Å². The molecule has 2 aromatic carbocycles. The number of halogens is 3. The third-order valence-electron chi connectivity index (χ3n) is 4.92. The highest BCUT2D eigenvalue weighted by atomic mass is 19.4. The first kappa shape index (κ1) is 21.8. The molecule has 2 amide bonds. The molecule has 0 bridgehead atoms. The van der Waals surface area contributed by atoms with Crippen molar-refractivity contribution >= 4 is 23.2 Å². The van der Waals surface area contributed by atoms with Gasteiger partial charge in [-0.3, -0.25) is 14.5 Å². The van der Waals surface area contributed by atoms with Gasteiger partial charge in [-0.1, -0.05) is 25.0 Å². The van der Waals surface area contributed by atoms with Crippen molar-refractivity contribution in [2.24, 2.45) is 0 Å². The van der Waals surface area contributed by atoms with Crippen LogP contribution in [0.1, 0.15) is 41.6 Å². The molecular weight excluding hydrogens is 395 g/mol. The molecule has 3 rings (SSSR count). The molecule has 1 aliphatic heterocycles. The van der Waals surface area contributed by atoms with E-state index in [1.807, 2.05) is 0 Å². The molecule has 1 aliphatic rings. The van der Waals surface area contributed by atoms with E-state index in [4.69, 9.17) is 0 Å². The maximum Gasteiger partial charge on any atom is 0.416 e. The van der Waals surface area contributed by atoms with E-state index in [-0.39, 0.29) is 17.2 Å². The van der Waals surface area contributed by atoms with Crippen LogP contribution in [0.4, 0.5) is 24.5 Å². The summed E-state index contributed by atoms with van der Waals surface area (Å²) in [5.41, 5.74) is -0.0910. The summed E-state index contributed by atoms with van der Waals surface area (Å²) in [4.78, 5) is 26.9. The van der Waals surface area contributed by atoms with E-state index in [1.54, 1.807) is 12.1 Å². The van der Waals surface area contributed by atoms with Crippen LogP contribution in [0.2, 0.25) is 0 Å². The molecule has 1 fully saturated rings. The van der Waals surface area contributed by atoms with Gasteiger partial charge in [0.2, 0.25) is 5.91 Å². The predicted molar refractivity (Wildman–Crippen MR) is 109 cm³/mol. The van der Waals surface area contributed by atoms with Crippen LogP contribution in [0.5, 0.6) is 0 Å². The molecule has 2 N–H and O–H groups in total. The Labute approximate surface area is 173 Å². The number of amides is 2. The van der Waals surface area contributed by atoms with Gasteiger partial charge < -0.3 is 10.6 Å². The van der Waals surface area contributed by atoms with Gasteiger partial charge in [-0.15, -0.1) is 0 Å². The molecule has 8 heteroatoms. The Balaban J connectivity index is 1.62. The molecule has 0 radical (unpaired) electrons. The molecule has 0 aliphatic carbocycles. The summed E-state index contributed by atoms with van der Waals surface area (Å²) in [5, 5.41) is 5.25. The number of carbonyl (C=O) groups excluding carboxylic acids is 2. The standard InChI is InChI=1S/C22H24F3N3O2/c23-22(24,25)17-8-6-10-19(14-17)27-21(30)16-7-5-9-18(13-16)26-20(29)15-28-11-3-1-2-4-12-28/h5-10,13-14H,1-4,11-12,15H2,(H,26,29)(H,27,30). The Morgan fingerprint density at radius 1 is 0.867 bits per heavy atom. The van der Waals surface area contributed by atoms with Gasteiger partial charge >= 0.3 is 6.18 Å². The molecule has 0 spiro atoms. The van der Waals surface area contributed by atoms with E-state index < -0.39 is 17.6 Å². The van der Waals surface area contributed by atoms with Crippen LogP contribution >= 0.6 is 0 Å². The topological polar surface area (TPSA) is 61.4 Å². The van der Waals surface area contributed by atoms with Crippen molar-refractivity contribution < 1.29 is 22.8 Å². The fourth-order valence-corrected chi connectivity index (χ4v) is 3.41. The zero-order valence-corrected chi connectivity index (χ0v) is 16.5. The van der Waals surface area contributed by atoms with Gasteiger partial charge in [-0.2, -0.15) is 13.2 Å². The van der Waals surface area contributed by atoms with Crippen LogP contribution in [0.25, 0.3) is 0 Å². The number of benzene rings is 2. The summed E-state index contributed by atoms with van der Waals surface area (Å²) in [5.74, 6) is -0.717. The monoisotopic (exact) mass is 419 g/mol. The lowest BCUT2D eigenvalue weighted by Gasteiger charge is -2.19. The van der Waals surface area contributed by atoms with Crippen LogP contribution in [0.15, 0.2) is 48.5 Å². The average Bonchev–Trinajstić information content (AvgIpc) is 2.96. The summed E-state index contributed by atoms with van der Waals surface area (Å²) in [7, 11) is 0. The molecule has 0 aromatic heterocycles. The molecule has 0 atom stereocenters. The highest BCUT2D eigenvalue weighted by molar-refractivity contribution is 6.05. The van der Waals surface area contributed by atoms with Gasteiger partial charge in [0, 0.05) is 16.9 Å². The van der Waals surface area contributed by atoms with Crippen molar-refractivity contribution in [3.63, 3.8) is 0 Å². The molecule has 30 heavy (non-hydrogen) atoms. The Morgan fingerprint density at radius 2 is 1.50 bits per heavy atom. The van der Waals surface area contributed by atoms with Gasteiger partial charge in [0.15, 0.2) is 0 Å². The number of rotatable bonds is 5. The molecule has 2 aromatic rings. The van der Waals surface area contributed by atoms with E-state index in [9.17, 15) is 22.8 Å². The summed E-state index contributed by atoms with van der Waals surface area (Å²) in [6.07, 6.45) is 0.0393. The fourth-order valence-electron chi connectivity index (χ4n) is 3.41. The maximum absolute atomic E-state index is 12.8. The second kappa shape index (κ2) is 9.75. The number of likely N-dealkylation sites (tertiary alicyclic amines) is 1. The first-order valence-corrected chi connectivity index (χ1v) is 9.92. The number of alkyl halides is 3.